The molecule has 1 aliphatic rings. The molecule has 0 aromatic rings. The van der Waals surface area contributed by atoms with Crippen LogP contribution in [0.4, 0.5) is 0 Å². The smallest absolute Gasteiger partial charge is 0.302 e. The van der Waals surface area contributed by atoms with Crippen molar-refractivity contribution in [1.29, 1.82) is 0 Å². The Kier molecular flexibility index (Phi) is 44.1. The molecule has 1 aliphatic heterocycles. The van der Waals surface area contributed by atoms with Crippen molar-refractivity contribution in [2.75, 3.05) is 31.8 Å². The van der Waals surface area contributed by atoms with Crippen LogP contribution in [0.5, 0.6) is 0 Å². The first-order valence-corrected chi connectivity index (χ1v) is 7.61. The van der Waals surface area contributed by atoms with Crippen molar-refractivity contribution in [1.82, 2.24) is 0 Å². The Labute approximate surface area is 132 Å². The number of esters is 1. The van der Waals surface area contributed by atoms with Crippen LogP contribution in [0.2, 0.25) is 0 Å². The van der Waals surface area contributed by atoms with Gasteiger partial charge in [-0.25, -0.2) is 0 Å². The van der Waals surface area contributed by atoms with Crippen molar-refractivity contribution in [2.24, 2.45) is 0 Å². The Morgan fingerprint density at radius 3 is 1.75 bits per heavy atom. The lowest BCUT2D eigenvalue weighted by Crippen LogP contribution is -1.95. The summed E-state index contributed by atoms with van der Waals surface area (Å²) in [5.41, 5.74) is 0. The third kappa shape index (κ3) is 52.1. The molecule has 126 valence electrons. The number of aliphatic hydroxyl groups is 1. The average Bonchev–Trinajstić information content (AvgIpc) is 2.90. The zero-order chi connectivity index (χ0) is 15.4. The molecule has 0 unspecified atom stereocenters. The maximum atomic E-state index is 9.82. The first kappa shape index (κ1) is 28.1. The van der Waals surface area contributed by atoms with E-state index in [1.54, 1.807) is 6.92 Å². The first-order valence-electron chi connectivity index (χ1n) is 6.54. The van der Waals surface area contributed by atoms with Gasteiger partial charge in [0.15, 0.2) is 0 Å². The number of carbonyl (C=O) groups excluding carboxylic acids is 1. The summed E-state index contributed by atoms with van der Waals surface area (Å²) in [4.78, 5) is 9.82. The van der Waals surface area contributed by atoms with Crippen molar-refractivity contribution in [3.05, 3.63) is 0 Å². The Morgan fingerprint density at radius 1 is 1.25 bits per heavy atom. The molecule has 1 saturated heterocycles. The van der Waals surface area contributed by atoms with Gasteiger partial charge in [0.1, 0.15) is 0 Å². The quantitative estimate of drug-likeness (QED) is 0.634. The maximum absolute atomic E-state index is 9.82. The highest BCUT2D eigenvalue weighted by atomic mass is 35.5. The molecule has 0 aliphatic carbocycles. The third-order valence-corrected chi connectivity index (χ3v) is 1.69. The third-order valence-electron chi connectivity index (χ3n) is 1.69. The zero-order valence-corrected chi connectivity index (χ0v) is 14.3. The molecule has 0 aromatic carbocycles. The first-order chi connectivity index (χ1) is 9.10. The molecule has 20 heavy (non-hydrogen) atoms. The summed E-state index contributed by atoms with van der Waals surface area (Å²) in [7, 11) is 0. The molecule has 3 N–H and O–H groups in total. The average molecular weight is 337 g/mol. The number of aliphatic hydroxyl groups excluding tert-OH is 1. The highest BCUT2D eigenvalue weighted by Gasteiger charge is 1.94. The number of rotatable bonds is 3. The van der Waals surface area contributed by atoms with Gasteiger partial charge in [0.05, 0.1) is 11.9 Å². The Hall–Kier alpha value is -0.0700. The van der Waals surface area contributed by atoms with Gasteiger partial charge in [-0.05, 0) is 26.2 Å². The van der Waals surface area contributed by atoms with Gasteiger partial charge in [0, 0.05) is 26.7 Å². The molecule has 5 nitrogen and oxygen atoms in total. The maximum Gasteiger partial charge on any atom is 0.302 e. The minimum Gasteiger partial charge on any atom is -0.466 e. The molecule has 0 radical (unpaired) electrons. The lowest BCUT2D eigenvalue weighted by Gasteiger charge is -1.89. The van der Waals surface area contributed by atoms with E-state index in [2.05, 4.69) is 11.7 Å². The molecule has 7 heteroatoms. The minimum atomic E-state index is -0.211. The van der Waals surface area contributed by atoms with Crippen LogP contribution in [0.25, 0.3) is 0 Å². The van der Waals surface area contributed by atoms with Gasteiger partial charge in [0.25, 0.3) is 0 Å². The molecule has 0 aromatic heterocycles. The standard InChI is InChI=1S/C4H8O2.C4H8O.C4H10O.CH2Cl2.H2O/c1-3-6-4(2)5;1-2-4-5-3-1;1-2-3-4-5;2-1-3;/h3H2,1-2H3;1-4H2;5H,2-4H2,1H3;1H2;1H2. The van der Waals surface area contributed by atoms with Crippen LogP contribution in [0.15, 0.2) is 0 Å². The molecule has 0 bridgehead atoms. The number of ether oxygens (including phenoxy) is 2. The van der Waals surface area contributed by atoms with E-state index in [1.807, 2.05) is 0 Å². The predicted octanol–water partition coefficient (Wildman–Crippen LogP) is 2.74. The summed E-state index contributed by atoms with van der Waals surface area (Å²) in [5, 5.41) is 8.26. The van der Waals surface area contributed by atoms with Crippen LogP contribution < -0.4 is 0 Å². The van der Waals surface area contributed by atoms with Gasteiger partial charge >= 0.3 is 5.97 Å². The van der Waals surface area contributed by atoms with Crippen LogP contribution >= 0.6 is 23.2 Å². The van der Waals surface area contributed by atoms with E-state index in [9.17, 15) is 4.79 Å². The Morgan fingerprint density at radius 2 is 1.70 bits per heavy atom. The number of hydrogen-bond acceptors (Lipinski definition) is 4. The molecular weight excluding hydrogens is 307 g/mol. The van der Waals surface area contributed by atoms with Crippen molar-refractivity contribution in [2.45, 2.75) is 46.5 Å². The number of halogens is 2. The lowest BCUT2D eigenvalue weighted by atomic mass is 10.4. The van der Waals surface area contributed by atoms with E-state index >= 15 is 0 Å². The van der Waals surface area contributed by atoms with Gasteiger partial charge in [-0.1, -0.05) is 13.3 Å². The molecule has 0 atom stereocenters. The monoisotopic (exact) mass is 336 g/mol. The lowest BCUT2D eigenvalue weighted by molar-refractivity contribution is -0.140. The summed E-state index contributed by atoms with van der Waals surface area (Å²) >= 11 is 9.53. The van der Waals surface area contributed by atoms with E-state index in [0.29, 0.717) is 13.2 Å². The highest BCUT2D eigenvalue weighted by Crippen LogP contribution is 1.98. The van der Waals surface area contributed by atoms with Gasteiger partial charge < -0.3 is 20.1 Å². The second kappa shape index (κ2) is 31.4. The van der Waals surface area contributed by atoms with Gasteiger partial charge in [0.2, 0.25) is 0 Å². The predicted molar refractivity (Wildman–Crippen MR) is 84.5 cm³/mol. The largest absolute Gasteiger partial charge is 0.466 e. The van der Waals surface area contributed by atoms with Crippen molar-refractivity contribution >= 4 is 29.2 Å². The van der Waals surface area contributed by atoms with Gasteiger partial charge in [-0.3, -0.25) is 4.79 Å². The number of hydrogen-bond donors (Lipinski definition) is 1. The van der Waals surface area contributed by atoms with Crippen LogP contribution in [0.3, 0.4) is 0 Å². The van der Waals surface area contributed by atoms with Crippen molar-refractivity contribution in [3.63, 3.8) is 0 Å². The molecule has 1 fully saturated rings. The topological polar surface area (TPSA) is 87.3 Å². The number of carbonyl (C=O) groups is 1. The summed E-state index contributed by atoms with van der Waals surface area (Å²) < 4.78 is 9.35. The normalized spacial score (nSPS) is 11.3. The Bertz CT molecular complexity index is 146. The summed E-state index contributed by atoms with van der Waals surface area (Å²) in [6, 6.07) is 0. The number of unbranched alkanes of at least 4 members (excludes halogenated alkanes) is 1. The van der Waals surface area contributed by atoms with E-state index in [1.165, 1.54) is 19.8 Å². The van der Waals surface area contributed by atoms with E-state index in [4.69, 9.17) is 33.0 Å². The fourth-order valence-corrected chi connectivity index (χ4v) is 0.872. The van der Waals surface area contributed by atoms with Crippen LogP contribution in [-0.4, -0.2) is 48.3 Å². The fraction of sp³-hybridized carbons (Fsp3) is 0.923. The SMILES string of the molecule is C1CCOC1.CCCCO.CCOC(C)=O.ClCCl.O. The van der Waals surface area contributed by atoms with Gasteiger partial charge in [-0.2, -0.15) is 0 Å². The summed E-state index contributed by atoms with van der Waals surface area (Å²) in [6.07, 6.45) is 4.59. The minimum absolute atomic E-state index is 0. The van der Waals surface area contributed by atoms with Crippen LogP contribution in [-0.2, 0) is 14.3 Å². The molecule has 1 rings (SSSR count). The molecule has 0 spiro atoms. The van der Waals surface area contributed by atoms with Crippen molar-refractivity contribution in [3.8, 4) is 0 Å². The summed E-state index contributed by atoms with van der Waals surface area (Å²) in [6.45, 7) is 8.05. The Balaban J connectivity index is -0.0000000860. The summed E-state index contributed by atoms with van der Waals surface area (Å²) in [5.74, 6) is -0.211. The fourth-order valence-electron chi connectivity index (χ4n) is 0.872. The van der Waals surface area contributed by atoms with Crippen LogP contribution in [0, 0.1) is 0 Å². The molecule has 1 heterocycles. The van der Waals surface area contributed by atoms with Crippen LogP contribution in [0.1, 0.15) is 46.5 Å². The second-order valence-corrected chi connectivity index (χ2v) is 4.23. The van der Waals surface area contributed by atoms with E-state index in [-0.39, 0.29) is 16.8 Å². The number of alkyl halides is 2. The van der Waals surface area contributed by atoms with Crippen molar-refractivity contribution < 1.29 is 24.9 Å². The van der Waals surface area contributed by atoms with E-state index < -0.39 is 0 Å². The van der Waals surface area contributed by atoms with E-state index in [0.717, 1.165) is 26.1 Å². The zero-order valence-electron chi connectivity index (χ0n) is 12.8. The highest BCUT2D eigenvalue weighted by molar-refractivity contribution is 6.40. The van der Waals surface area contributed by atoms with Gasteiger partial charge in [-0.15, -0.1) is 23.2 Å². The molecule has 0 saturated carbocycles. The molecular formula is C13H30Cl2O5. The molecule has 0 amide bonds. The second-order valence-electron chi connectivity index (χ2n) is 3.42.